The van der Waals surface area contributed by atoms with Crippen molar-refractivity contribution in [3.05, 3.63) is 82.6 Å². The molecule has 3 aromatic carbocycles. The van der Waals surface area contributed by atoms with Crippen LogP contribution in [0.5, 0.6) is 0 Å². The first-order valence-electron chi connectivity index (χ1n) is 7.34. The summed E-state index contributed by atoms with van der Waals surface area (Å²) in [4.78, 5) is 12.7. The van der Waals surface area contributed by atoms with Gasteiger partial charge in [-0.15, -0.1) is 0 Å². The fraction of sp³-hybridized carbons (Fsp3) is 0.105. The van der Waals surface area contributed by atoms with E-state index in [1.54, 1.807) is 0 Å². The molecule has 0 fully saturated rings. The molecule has 0 saturated carbocycles. The zero-order chi connectivity index (χ0) is 15.1. The van der Waals surface area contributed by atoms with Gasteiger partial charge in [-0.05, 0) is 0 Å². The molecule has 0 aliphatic heterocycles. The topological polar surface area (TPSA) is 22.0 Å². The summed E-state index contributed by atoms with van der Waals surface area (Å²) < 4.78 is 3.21. The summed E-state index contributed by atoms with van der Waals surface area (Å²) in [5, 5.41) is 3.33. The van der Waals surface area contributed by atoms with Crippen molar-refractivity contribution in [3.63, 3.8) is 0 Å². The van der Waals surface area contributed by atoms with Crippen molar-refractivity contribution in [2.75, 3.05) is 0 Å². The molecule has 0 amide bonds. The van der Waals surface area contributed by atoms with E-state index in [-0.39, 0.29) is 26.3 Å². The molecule has 1 heterocycles. The number of hydrogen-bond acceptors (Lipinski definition) is 1. The third-order valence-corrected chi connectivity index (χ3v) is 6.72. The van der Waals surface area contributed by atoms with Crippen molar-refractivity contribution in [2.24, 2.45) is 0 Å². The zero-order valence-corrected chi connectivity index (χ0v) is 13.9. The molecule has 0 spiro atoms. The van der Waals surface area contributed by atoms with Gasteiger partial charge in [0, 0.05) is 0 Å². The van der Waals surface area contributed by atoms with E-state index in [4.69, 9.17) is 0 Å². The van der Waals surface area contributed by atoms with Gasteiger partial charge in [-0.3, -0.25) is 0 Å². The van der Waals surface area contributed by atoms with Crippen LogP contribution in [0.15, 0.2) is 71.5 Å². The normalized spacial score (nSPS) is 12.8. The van der Waals surface area contributed by atoms with E-state index >= 15 is 0 Å². The van der Waals surface area contributed by atoms with Gasteiger partial charge < -0.3 is 0 Å². The Morgan fingerprint density at radius 2 is 1.55 bits per heavy atom. The van der Waals surface area contributed by atoms with E-state index in [1.807, 2.05) is 21.8 Å². The van der Waals surface area contributed by atoms with Crippen LogP contribution in [0.3, 0.4) is 0 Å². The van der Waals surface area contributed by atoms with Crippen molar-refractivity contribution < 1.29 is 0 Å². The van der Waals surface area contributed by atoms with Crippen molar-refractivity contribution in [1.29, 1.82) is 0 Å². The molecule has 2 nitrogen and oxygen atoms in total. The van der Waals surface area contributed by atoms with Crippen molar-refractivity contribution in [1.82, 2.24) is 3.56 Å². The van der Waals surface area contributed by atoms with E-state index in [1.165, 1.54) is 20.6 Å². The molecule has 0 radical (unpaired) electrons. The van der Waals surface area contributed by atoms with Gasteiger partial charge in [0.15, 0.2) is 0 Å². The van der Waals surface area contributed by atoms with Crippen LogP contribution >= 0.6 is 0 Å². The average molecular weight is 352 g/mol. The fourth-order valence-corrected chi connectivity index (χ4v) is 5.20. The van der Waals surface area contributed by atoms with Crippen LogP contribution in [0, 0.1) is 0 Å². The predicted octanol–water partition coefficient (Wildman–Crippen LogP) is 3.82. The quantitative estimate of drug-likeness (QED) is 0.503. The molecule has 0 saturated heterocycles. The van der Waals surface area contributed by atoms with E-state index in [2.05, 4.69) is 55.5 Å². The molecule has 1 atom stereocenters. The third-order valence-electron chi connectivity index (χ3n) is 4.14. The molecule has 0 N–H and O–H groups in total. The van der Waals surface area contributed by atoms with Crippen LogP contribution in [0.25, 0.3) is 20.4 Å². The third kappa shape index (κ3) is 2.06. The van der Waals surface area contributed by atoms with Crippen LogP contribution in [0.2, 0.25) is 0 Å². The summed E-state index contributed by atoms with van der Waals surface area (Å²) >= 11 is 0.0596. The Hall–Kier alpha value is -2.09. The van der Waals surface area contributed by atoms with Crippen molar-refractivity contribution >= 4 is 35.2 Å². The maximum atomic E-state index is 12.7. The fourth-order valence-electron chi connectivity index (χ4n) is 2.99. The Labute approximate surface area is 134 Å². The molecule has 4 aromatic rings. The number of aromatic nitrogens is 1. The van der Waals surface area contributed by atoms with Crippen LogP contribution in [0.1, 0.15) is 18.5 Å². The second kappa shape index (κ2) is 5.27. The average Bonchev–Trinajstić information content (AvgIpc) is 2.91. The monoisotopic (exact) mass is 353 g/mol. The van der Waals surface area contributed by atoms with Gasteiger partial charge in [0.1, 0.15) is 0 Å². The van der Waals surface area contributed by atoms with Crippen molar-refractivity contribution in [3.8, 4) is 0 Å². The van der Waals surface area contributed by atoms with E-state index in [0.29, 0.717) is 0 Å². The number of benzene rings is 3. The first kappa shape index (κ1) is 13.6. The number of hydrogen-bond donors (Lipinski definition) is 0. The van der Waals surface area contributed by atoms with E-state index in [0.717, 1.165) is 5.39 Å². The van der Waals surface area contributed by atoms with Crippen LogP contribution < -0.4 is 5.56 Å². The van der Waals surface area contributed by atoms with Gasteiger partial charge in [-0.2, -0.15) is 0 Å². The minimum absolute atomic E-state index is 0.0596. The van der Waals surface area contributed by atoms with Gasteiger partial charge in [-0.25, -0.2) is 0 Å². The summed E-state index contributed by atoms with van der Waals surface area (Å²) in [5.41, 5.74) is 1.39. The second-order valence-electron chi connectivity index (χ2n) is 5.46. The molecular weight excluding hydrogens is 337 g/mol. The minimum atomic E-state index is 0.0596. The Morgan fingerprint density at radius 3 is 2.36 bits per heavy atom. The number of rotatable bonds is 2. The number of fused-ring (bicyclic) bond motifs is 2. The molecule has 3 heteroatoms. The Kier molecular flexibility index (Phi) is 3.25. The molecule has 108 valence electrons. The first-order valence-corrected chi connectivity index (χ1v) is 8.96. The van der Waals surface area contributed by atoms with E-state index < -0.39 is 0 Å². The van der Waals surface area contributed by atoms with Crippen LogP contribution in [-0.2, 0) is 0 Å². The Morgan fingerprint density at radius 1 is 0.864 bits per heavy atom. The Bertz CT molecular complexity index is 1020. The predicted molar refractivity (Wildman–Crippen MR) is 92.9 cm³/mol. The molecule has 0 aliphatic carbocycles. The summed E-state index contributed by atoms with van der Waals surface area (Å²) in [5.74, 6) is 0. The molecule has 4 rings (SSSR count). The van der Waals surface area contributed by atoms with Gasteiger partial charge in [0.25, 0.3) is 0 Å². The molecule has 0 unspecified atom stereocenters. The summed E-state index contributed by atoms with van der Waals surface area (Å²) in [6.07, 6.45) is 0. The summed E-state index contributed by atoms with van der Waals surface area (Å²) in [6.45, 7) is 2.13. The summed E-state index contributed by atoms with van der Waals surface area (Å²) in [7, 11) is 0. The molecule has 22 heavy (non-hydrogen) atoms. The van der Waals surface area contributed by atoms with E-state index in [9.17, 15) is 4.79 Å². The number of nitrogens with zero attached hydrogens (tertiary/aromatic N) is 1. The standard InChI is InChI=1S/C19H15NOSe/c1-13(15-11-6-8-14-7-2-3-9-16(14)15)20-19(21)17-10-4-5-12-18(17)22-20/h2-13H,1H3/t13-/m0/s1. The van der Waals surface area contributed by atoms with Crippen LogP contribution in [-0.4, -0.2) is 18.3 Å². The van der Waals surface area contributed by atoms with Crippen LogP contribution in [0.4, 0.5) is 0 Å². The molecule has 1 aromatic heterocycles. The van der Waals surface area contributed by atoms with Gasteiger partial charge in [-0.1, -0.05) is 0 Å². The summed E-state index contributed by atoms with van der Waals surface area (Å²) in [6, 6.07) is 22.8. The maximum absolute atomic E-state index is 12.7. The zero-order valence-electron chi connectivity index (χ0n) is 12.2. The van der Waals surface area contributed by atoms with Gasteiger partial charge >= 0.3 is 134 Å². The van der Waals surface area contributed by atoms with Gasteiger partial charge in [0.05, 0.1) is 0 Å². The SMILES string of the molecule is C[C@@H](c1cccc2ccccc12)n1[se]c2ccccc2c1=O. The van der Waals surface area contributed by atoms with Crippen molar-refractivity contribution in [2.45, 2.75) is 13.0 Å². The van der Waals surface area contributed by atoms with Gasteiger partial charge in [0.2, 0.25) is 0 Å². The first-order chi connectivity index (χ1) is 10.8. The molecular formula is C19H15NOSe. The Balaban J connectivity index is 1.94. The second-order valence-corrected chi connectivity index (χ2v) is 7.59. The molecule has 0 bridgehead atoms. The molecule has 0 aliphatic rings.